The van der Waals surface area contributed by atoms with Crippen LogP contribution in [0.5, 0.6) is 5.75 Å². The minimum Gasteiger partial charge on any atom is -0.489 e. The Balaban J connectivity index is 1.31. The molecule has 2 aromatic carbocycles. The number of carbonyl (C=O) groups is 1. The summed E-state index contributed by atoms with van der Waals surface area (Å²) in [6.07, 6.45) is 0.0675. The molecule has 1 aromatic heterocycles. The largest absolute Gasteiger partial charge is 0.489 e. The number of ether oxygens (including phenoxy) is 1. The third-order valence-electron chi connectivity index (χ3n) is 6.85. The number of fused-ring (bicyclic) bond motifs is 3. The van der Waals surface area contributed by atoms with Gasteiger partial charge in [-0.2, -0.15) is 13.2 Å². The van der Waals surface area contributed by atoms with Crippen LogP contribution in [0.1, 0.15) is 60.4 Å². The van der Waals surface area contributed by atoms with Crippen LogP contribution < -0.4 is 4.74 Å². The number of hydrogen-bond donors (Lipinski definition) is 1. The van der Waals surface area contributed by atoms with Gasteiger partial charge in [-0.1, -0.05) is 25.0 Å². The minimum atomic E-state index is -4.38. The van der Waals surface area contributed by atoms with Crippen molar-refractivity contribution in [2.75, 3.05) is 0 Å². The van der Waals surface area contributed by atoms with Gasteiger partial charge in [-0.25, -0.2) is 0 Å². The quantitative estimate of drug-likeness (QED) is 0.418. The Morgan fingerprint density at radius 2 is 1.91 bits per heavy atom. The molecule has 174 valence electrons. The molecule has 0 radical (unpaired) electrons. The molecule has 33 heavy (non-hydrogen) atoms. The number of hydrogen-bond acceptors (Lipinski definition) is 2. The minimum absolute atomic E-state index is 0.00140. The molecule has 1 aliphatic heterocycles. The van der Waals surface area contributed by atoms with E-state index in [-0.39, 0.29) is 18.9 Å². The number of alkyl halides is 3. The summed E-state index contributed by atoms with van der Waals surface area (Å²) in [6.45, 7) is 0.830. The van der Waals surface area contributed by atoms with Gasteiger partial charge in [0, 0.05) is 29.1 Å². The fourth-order valence-corrected chi connectivity index (χ4v) is 4.93. The van der Waals surface area contributed by atoms with Crippen molar-refractivity contribution in [1.82, 2.24) is 4.57 Å². The Labute approximate surface area is 190 Å². The first kappa shape index (κ1) is 21.9. The maximum absolute atomic E-state index is 13.6. The molecule has 2 heterocycles. The average molecular weight is 457 g/mol. The van der Waals surface area contributed by atoms with Crippen LogP contribution in [0.3, 0.4) is 0 Å². The normalized spacial score (nSPS) is 18.0. The van der Waals surface area contributed by atoms with Crippen molar-refractivity contribution < 1.29 is 27.8 Å². The molecule has 7 heteroatoms. The van der Waals surface area contributed by atoms with E-state index < -0.39 is 17.7 Å². The number of carboxylic acid groups (broad SMARTS) is 1. The van der Waals surface area contributed by atoms with Crippen molar-refractivity contribution in [2.45, 2.75) is 63.8 Å². The highest BCUT2D eigenvalue weighted by Gasteiger charge is 2.34. The first-order chi connectivity index (χ1) is 15.8. The molecular formula is C26H26F3NO3. The van der Waals surface area contributed by atoms with Crippen LogP contribution in [0.2, 0.25) is 0 Å². The molecule has 1 aliphatic carbocycles. The van der Waals surface area contributed by atoms with Crippen molar-refractivity contribution in [3.63, 3.8) is 0 Å². The maximum atomic E-state index is 13.6. The molecule has 0 amide bonds. The summed E-state index contributed by atoms with van der Waals surface area (Å²) in [5.74, 6) is 0.352. The molecule has 3 aromatic rings. The van der Waals surface area contributed by atoms with Gasteiger partial charge in [0.15, 0.2) is 0 Å². The highest BCUT2D eigenvalue weighted by molar-refractivity contribution is 5.83. The zero-order valence-electron chi connectivity index (χ0n) is 18.2. The highest BCUT2D eigenvalue weighted by atomic mass is 19.4. The van der Waals surface area contributed by atoms with Crippen molar-refractivity contribution in [2.24, 2.45) is 5.92 Å². The highest BCUT2D eigenvalue weighted by Crippen LogP contribution is 2.39. The number of aryl methyl sites for hydroxylation is 2. The predicted molar refractivity (Wildman–Crippen MR) is 118 cm³/mol. The summed E-state index contributed by atoms with van der Waals surface area (Å²) in [5, 5.41) is 10.1. The molecular weight excluding hydrogens is 431 g/mol. The first-order valence-corrected chi connectivity index (χ1v) is 11.4. The molecule has 1 atom stereocenters. The molecule has 0 bridgehead atoms. The van der Waals surface area contributed by atoms with Crippen LogP contribution in [-0.4, -0.2) is 15.6 Å². The van der Waals surface area contributed by atoms with Gasteiger partial charge >= 0.3 is 12.1 Å². The van der Waals surface area contributed by atoms with E-state index in [9.17, 15) is 18.0 Å². The van der Waals surface area contributed by atoms with Crippen LogP contribution in [-0.2, 0) is 30.5 Å². The van der Waals surface area contributed by atoms with Gasteiger partial charge in [0.2, 0.25) is 0 Å². The summed E-state index contributed by atoms with van der Waals surface area (Å²) in [7, 11) is 0. The second kappa shape index (κ2) is 8.43. The number of rotatable bonds is 8. The van der Waals surface area contributed by atoms with Crippen LogP contribution in [0.4, 0.5) is 13.2 Å². The SMILES string of the molecule is O=C(O)CC1CCn2c1cc1cc(OCc3ccc(CCC4CC4)c(C(F)(F)F)c3)ccc12. The van der Waals surface area contributed by atoms with Gasteiger partial charge in [-0.05, 0) is 66.6 Å². The lowest BCUT2D eigenvalue weighted by atomic mass is 9.98. The summed E-state index contributed by atoms with van der Waals surface area (Å²) in [6, 6.07) is 12.1. The number of carboxylic acids is 1. The van der Waals surface area contributed by atoms with E-state index in [2.05, 4.69) is 4.57 Å². The maximum Gasteiger partial charge on any atom is 0.416 e. The third-order valence-corrected chi connectivity index (χ3v) is 6.85. The predicted octanol–water partition coefficient (Wildman–Crippen LogP) is 6.54. The van der Waals surface area contributed by atoms with E-state index in [0.717, 1.165) is 48.8 Å². The van der Waals surface area contributed by atoms with Crippen LogP contribution in [0, 0.1) is 5.92 Å². The number of halogens is 3. The van der Waals surface area contributed by atoms with Crippen LogP contribution in [0.25, 0.3) is 10.9 Å². The fraction of sp³-hybridized carbons (Fsp3) is 0.423. The van der Waals surface area contributed by atoms with E-state index in [0.29, 0.717) is 29.2 Å². The molecule has 0 saturated heterocycles. The number of benzene rings is 2. The van der Waals surface area contributed by atoms with Gasteiger partial charge in [-0.3, -0.25) is 4.79 Å². The summed E-state index contributed by atoms with van der Waals surface area (Å²) in [4.78, 5) is 11.1. The lowest BCUT2D eigenvalue weighted by Crippen LogP contribution is -2.11. The Hall–Kier alpha value is -2.96. The fourth-order valence-electron chi connectivity index (χ4n) is 4.93. The Bertz CT molecular complexity index is 1190. The zero-order chi connectivity index (χ0) is 23.2. The number of aromatic nitrogens is 1. The van der Waals surface area contributed by atoms with E-state index in [4.69, 9.17) is 9.84 Å². The molecule has 1 fully saturated rings. The van der Waals surface area contributed by atoms with Crippen molar-refractivity contribution in [3.8, 4) is 5.75 Å². The molecule has 4 nitrogen and oxygen atoms in total. The zero-order valence-corrected chi connectivity index (χ0v) is 18.2. The summed E-state index contributed by atoms with van der Waals surface area (Å²) >= 11 is 0. The van der Waals surface area contributed by atoms with Crippen molar-refractivity contribution in [3.05, 3.63) is 64.8 Å². The Kier molecular flexibility index (Phi) is 5.59. The van der Waals surface area contributed by atoms with E-state index in [1.165, 1.54) is 6.07 Å². The molecule has 0 spiro atoms. The van der Waals surface area contributed by atoms with Gasteiger partial charge in [-0.15, -0.1) is 0 Å². The smallest absolute Gasteiger partial charge is 0.416 e. The van der Waals surface area contributed by atoms with E-state index >= 15 is 0 Å². The van der Waals surface area contributed by atoms with Gasteiger partial charge in [0.05, 0.1) is 12.0 Å². The second-order valence-corrected chi connectivity index (χ2v) is 9.28. The Morgan fingerprint density at radius 1 is 1.09 bits per heavy atom. The van der Waals surface area contributed by atoms with Crippen molar-refractivity contribution in [1.29, 1.82) is 0 Å². The Morgan fingerprint density at radius 3 is 2.64 bits per heavy atom. The summed E-state index contributed by atoms with van der Waals surface area (Å²) < 4.78 is 48.8. The second-order valence-electron chi connectivity index (χ2n) is 9.28. The van der Waals surface area contributed by atoms with Crippen LogP contribution >= 0.6 is 0 Å². The molecule has 1 N–H and O–H groups in total. The van der Waals surface area contributed by atoms with E-state index in [1.54, 1.807) is 12.1 Å². The lowest BCUT2D eigenvalue weighted by Gasteiger charge is -2.15. The average Bonchev–Trinajstić information content (AvgIpc) is 3.42. The van der Waals surface area contributed by atoms with Crippen molar-refractivity contribution >= 4 is 16.9 Å². The third kappa shape index (κ3) is 4.72. The lowest BCUT2D eigenvalue weighted by molar-refractivity contribution is -0.138. The van der Waals surface area contributed by atoms with E-state index in [1.807, 2.05) is 24.3 Å². The molecule has 2 aliphatic rings. The standard InChI is InChI=1S/C26H26F3NO3/c27-26(28,29)22-11-17(4-6-18(22)5-3-16-1-2-16)15-33-21-7-8-23-20(12-21)13-24-19(14-25(31)32)9-10-30(23)24/h4,6-8,11-13,16,19H,1-3,5,9-10,14-15H2,(H,31,32). The van der Waals surface area contributed by atoms with Gasteiger partial charge < -0.3 is 14.4 Å². The molecule has 1 saturated carbocycles. The number of nitrogens with zero attached hydrogens (tertiary/aromatic N) is 1. The molecule has 5 rings (SSSR count). The van der Waals surface area contributed by atoms with Gasteiger partial charge in [0.25, 0.3) is 0 Å². The first-order valence-electron chi connectivity index (χ1n) is 11.4. The van der Waals surface area contributed by atoms with Gasteiger partial charge in [0.1, 0.15) is 12.4 Å². The number of aliphatic carboxylic acids is 1. The van der Waals surface area contributed by atoms with Crippen LogP contribution in [0.15, 0.2) is 42.5 Å². The molecule has 1 unspecified atom stereocenters. The monoisotopic (exact) mass is 457 g/mol. The topological polar surface area (TPSA) is 51.5 Å². The summed E-state index contributed by atoms with van der Waals surface area (Å²) in [5.41, 5.74) is 2.32.